The van der Waals surface area contributed by atoms with Crippen molar-refractivity contribution in [2.75, 3.05) is 0 Å². The van der Waals surface area contributed by atoms with Crippen LogP contribution in [0.3, 0.4) is 0 Å². The number of nitrogens with one attached hydrogen (secondary N) is 1. The van der Waals surface area contributed by atoms with Gasteiger partial charge in [0.15, 0.2) is 0 Å². The maximum atomic E-state index is 12.3. The molecule has 2 heterocycles. The van der Waals surface area contributed by atoms with Crippen LogP contribution in [-0.2, 0) is 6.54 Å². The third kappa shape index (κ3) is 3.20. The first-order chi connectivity index (χ1) is 10.2. The van der Waals surface area contributed by atoms with Gasteiger partial charge in [-0.1, -0.05) is 30.3 Å². The van der Waals surface area contributed by atoms with Crippen LogP contribution in [0, 0.1) is 6.92 Å². The Kier molecular flexibility index (Phi) is 4.13. The Labute approximate surface area is 131 Å². The van der Waals surface area contributed by atoms with Gasteiger partial charge in [-0.3, -0.25) is 4.79 Å². The van der Waals surface area contributed by atoms with E-state index in [9.17, 15) is 4.79 Å². The number of hydrogen-bond acceptors (Lipinski definition) is 4. The average Bonchev–Trinajstić information content (AvgIpc) is 3.15. The van der Waals surface area contributed by atoms with Gasteiger partial charge in [-0.05, 0) is 23.9 Å². The third-order valence-electron chi connectivity index (χ3n) is 3.07. The fourth-order valence-electron chi connectivity index (χ4n) is 1.98. The zero-order valence-corrected chi connectivity index (χ0v) is 13.1. The molecular formula is C16H14N2OS2. The molecule has 2 aromatic heterocycles. The highest BCUT2D eigenvalue weighted by Crippen LogP contribution is 2.29. The highest BCUT2D eigenvalue weighted by molar-refractivity contribution is 7.17. The Hall–Kier alpha value is -1.98. The van der Waals surface area contributed by atoms with Crippen LogP contribution in [0.4, 0.5) is 0 Å². The number of hydrogen-bond donors (Lipinski definition) is 1. The molecule has 1 amide bonds. The van der Waals surface area contributed by atoms with Crippen LogP contribution in [0.5, 0.6) is 0 Å². The number of aryl methyl sites for hydroxylation is 1. The van der Waals surface area contributed by atoms with Crippen molar-refractivity contribution in [2.24, 2.45) is 0 Å². The second-order valence-corrected chi connectivity index (χ2v) is 6.39. The van der Waals surface area contributed by atoms with Crippen molar-refractivity contribution in [3.8, 4) is 10.6 Å². The highest BCUT2D eigenvalue weighted by Gasteiger charge is 2.16. The lowest BCUT2D eigenvalue weighted by Crippen LogP contribution is -2.22. The summed E-state index contributed by atoms with van der Waals surface area (Å²) in [5, 5.41) is 7.91. The smallest absolute Gasteiger partial charge is 0.263 e. The minimum atomic E-state index is -0.0599. The number of aromatic nitrogens is 1. The van der Waals surface area contributed by atoms with Crippen molar-refractivity contribution in [3.63, 3.8) is 0 Å². The first-order valence-corrected chi connectivity index (χ1v) is 8.32. The van der Waals surface area contributed by atoms with Crippen molar-refractivity contribution in [3.05, 3.63) is 63.3 Å². The molecule has 1 aromatic carbocycles. The van der Waals surface area contributed by atoms with Gasteiger partial charge in [-0.25, -0.2) is 4.98 Å². The van der Waals surface area contributed by atoms with Gasteiger partial charge in [0.2, 0.25) is 0 Å². The van der Waals surface area contributed by atoms with E-state index in [4.69, 9.17) is 0 Å². The van der Waals surface area contributed by atoms with Crippen molar-refractivity contribution in [1.29, 1.82) is 0 Å². The van der Waals surface area contributed by atoms with E-state index in [0.29, 0.717) is 11.4 Å². The van der Waals surface area contributed by atoms with Crippen LogP contribution in [-0.4, -0.2) is 10.9 Å². The molecule has 0 spiro atoms. The predicted octanol–water partition coefficient (Wildman–Crippen LogP) is 4.11. The van der Waals surface area contributed by atoms with Gasteiger partial charge in [0.05, 0.1) is 5.69 Å². The van der Waals surface area contributed by atoms with Gasteiger partial charge in [0.25, 0.3) is 5.91 Å². The zero-order chi connectivity index (χ0) is 14.7. The predicted molar refractivity (Wildman–Crippen MR) is 87.8 cm³/mol. The Morgan fingerprint density at radius 3 is 2.76 bits per heavy atom. The third-order valence-corrected chi connectivity index (χ3v) is 4.96. The lowest BCUT2D eigenvalue weighted by atomic mass is 10.2. The summed E-state index contributed by atoms with van der Waals surface area (Å²) in [5.41, 5.74) is 2.95. The Balaban J connectivity index is 1.73. The Morgan fingerprint density at radius 1 is 1.24 bits per heavy atom. The topological polar surface area (TPSA) is 42.0 Å². The average molecular weight is 314 g/mol. The Morgan fingerprint density at radius 2 is 2.05 bits per heavy atom. The van der Waals surface area contributed by atoms with Gasteiger partial charge < -0.3 is 5.32 Å². The molecule has 21 heavy (non-hydrogen) atoms. The van der Waals surface area contributed by atoms with E-state index in [1.54, 1.807) is 11.3 Å². The molecular weight excluding hydrogens is 300 g/mol. The first-order valence-electron chi connectivity index (χ1n) is 6.56. The number of thiazole rings is 1. The molecule has 3 aromatic rings. The summed E-state index contributed by atoms with van der Waals surface area (Å²) < 4.78 is 0. The minimum Gasteiger partial charge on any atom is -0.347 e. The summed E-state index contributed by atoms with van der Waals surface area (Å²) in [4.78, 5) is 17.5. The van der Waals surface area contributed by atoms with Crippen LogP contribution < -0.4 is 5.32 Å². The second kappa shape index (κ2) is 6.20. The molecule has 0 atom stereocenters. The molecule has 0 aliphatic rings. The molecule has 0 fully saturated rings. The molecule has 0 unspecified atom stereocenters. The second-order valence-electron chi connectivity index (χ2n) is 4.61. The maximum absolute atomic E-state index is 12.3. The lowest BCUT2D eigenvalue weighted by Gasteiger charge is -2.03. The molecule has 0 radical (unpaired) electrons. The molecule has 0 aliphatic carbocycles. The number of rotatable bonds is 4. The first kappa shape index (κ1) is 14.0. The van der Waals surface area contributed by atoms with Crippen LogP contribution in [0.1, 0.15) is 20.9 Å². The number of amides is 1. The molecule has 1 N–H and O–H groups in total. The van der Waals surface area contributed by atoms with Gasteiger partial charge in [-0.2, -0.15) is 11.3 Å². The zero-order valence-electron chi connectivity index (χ0n) is 11.5. The fraction of sp³-hybridized carbons (Fsp3) is 0.125. The number of nitrogens with zero attached hydrogens (tertiary/aromatic N) is 1. The van der Waals surface area contributed by atoms with E-state index >= 15 is 0 Å². The summed E-state index contributed by atoms with van der Waals surface area (Å²) in [6.07, 6.45) is 0. The van der Waals surface area contributed by atoms with Gasteiger partial charge >= 0.3 is 0 Å². The van der Waals surface area contributed by atoms with Crippen LogP contribution in [0.15, 0.2) is 47.2 Å². The van der Waals surface area contributed by atoms with Crippen molar-refractivity contribution in [1.82, 2.24) is 10.3 Å². The summed E-state index contributed by atoms with van der Waals surface area (Å²) in [7, 11) is 0. The number of carbonyl (C=O) groups is 1. The van der Waals surface area contributed by atoms with Gasteiger partial charge in [0.1, 0.15) is 9.88 Å². The molecule has 0 saturated carbocycles. The molecule has 5 heteroatoms. The highest BCUT2D eigenvalue weighted by atomic mass is 32.1. The minimum absolute atomic E-state index is 0.0599. The SMILES string of the molecule is Cc1nc(-c2ccsc2)sc1C(=O)NCc1ccccc1. The summed E-state index contributed by atoms with van der Waals surface area (Å²) in [5.74, 6) is -0.0599. The van der Waals surface area contributed by atoms with E-state index in [0.717, 1.165) is 21.8 Å². The van der Waals surface area contributed by atoms with Crippen molar-refractivity contribution in [2.45, 2.75) is 13.5 Å². The van der Waals surface area contributed by atoms with Crippen LogP contribution >= 0.6 is 22.7 Å². The number of thiophene rings is 1. The van der Waals surface area contributed by atoms with Gasteiger partial charge in [0, 0.05) is 17.5 Å². The molecule has 0 aliphatic heterocycles. The van der Waals surface area contributed by atoms with E-state index in [1.807, 2.05) is 54.1 Å². The van der Waals surface area contributed by atoms with Crippen molar-refractivity contribution < 1.29 is 4.79 Å². The van der Waals surface area contributed by atoms with Crippen LogP contribution in [0.2, 0.25) is 0 Å². The fourth-order valence-corrected chi connectivity index (χ4v) is 3.67. The number of carbonyl (C=O) groups excluding carboxylic acids is 1. The van der Waals surface area contributed by atoms with E-state index in [2.05, 4.69) is 10.3 Å². The Bertz CT molecular complexity index is 733. The van der Waals surface area contributed by atoms with Crippen molar-refractivity contribution >= 4 is 28.6 Å². The quantitative estimate of drug-likeness (QED) is 0.787. The van der Waals surface area contributed by atoms with Gasteiger partial charge in [-0.15, -0.1) is 11.3 Å². The summed E-state index contributed by atoms with van der Waals surface area (Å²) >= 11 is 3.08. The van der Waals surface area contributed by atoms with Crippen LogP contribution in [0.25, 0.3) is 10.6 Å². The van der Waals surface area contributed by atoms with E-state index in [1.165, 1.54) is 11.3 Å². The molecule has 0 bridgehead atoms. The largest absolute Gasteiger partial charge is 0.347 e. The monoisotopic (exact) mass is 314 g/mol. The summed E-state index contributed by atoms with van der Waals surface area (Å²) in [6, 6.07) is 11.9. The standard InChI is InChI=1S/C16H14N2OS2/c1-11-14(21-16(18-11)13-7-8-20-10-13)15(19)17-9-12-5-3-2-4-6-12/h2-8,10H,9H2,1H3,(H,17,19). The maximum Gasteiger partial charge on any atom is 0.263 e. The molecule has 3 nitrogen and oxygen atoms in total. The normalized spacial score (nSPS) is 10.5. The number of benzene rings is 1. The molecule has 0 saturated heterocycles. The van der Waals surface area contributed by atoms with E-state index in [-0.39, 0.29) is 5.91 Å². The molecule has 3 rings (SSSR count). The van der Waals surface area contributed by atoms with E-state index < -0.39 is 0 Å². The molecule has 106 valence electrons. The lowest BCUT2D eigenvalue weighted by molar-refractivity contribution is 0.0954. The summed E-state index contributed by atoms with van der Waals surface area (Å²) in [6.45, 7) is 2.41.